The lowest BCUT2D eigenvalue weighted by atomic mass is 10.0. The minimum atomic E-state index is -0.0116. The first-order chi connectivity index (χ1) is 11.5. The van der Waals surface area contributed by atoms with Gasteiger partial charge < -0.3 is 13.9 Å². The zero-order valence-corrected chi connectivity index (χ0v) is 14.6. The molecule has 1 atom stereocenters. The molecule has 3 heterocycles. The highest BCUT2D eigenvalue weighted by atomic mass is 16.3. The molecule has 0 spiro atoms. The van der Waals surface area contributed by atoms with Crippen LogP contribution in [0.4, 0.5) is 0 Å². The van der Waals surface area contributed by atoms with Crippen molar-refractivity contribution in [2.75, 3.05) is 6.54 Å². The summed E-state index contributed by atoms with van der Waals surface area (Å²) in [6.07, 6.45) is 2.08. The minimum Gasteiger partial charge on any atom is -0.450 e. The molecule has 1 aromatic carbocycles. The molecule has 1 amide bonds. The van der Waals surface area contributed by atoms with E-state index < -0.39 is 0 Å². The molecule has 0 radical (unpaired) electrons. The summed E-state index contributed by atoms with van der Waals surface area (Å²) in [6.45, 7) is 9.69. The van der Waals surface area contributed by atoms with Crippen molar-refractivity contribution in [1.82, 2.24) is 9.47 Å². The van der Waals surface area contributed by atoms with Gasteiger partial charge in [0.2, 0.25) is 0 Å². The number of hydrogen-bond donors (Lipinski definition) is 0. The van der Waals surface area contributed by atoms with E-state index in [-0.39, 0.29) is 11.9 Å². The summed E-state index contributed by atoms with van der Waals surface area (Å²) in [5, 5.41) is 1.08. The highest BCUT2D eigenvalue weighted by Crippen LogP contribution is 2.33. The summed E-state index contributed by atoms with van der Waals surface area (Å²) in [4.78, 5) is 15.1. The fourth-order valence-electron chi connectivity index (χ4n) is 3.87. The van der Waals surface area contributed by atoms with E-state index in [4.69, 9.17) is 4.42 Å². The Labute approximate surface area is 141 Å². The maximum Gasteiger partial charge on any atom is 0.290 e. The van der Waals surface area contributed by atoms with Crippen LogP contribution < -0.4 is 0 Å². The van der Waals surface area contributed by atoms with E-state index >= 15 is 0 Å². The monoisotopic (exact) mass is 322 g/mol. The molecule has 0 saturated heterocycles. The van der Waals surface area contributed by atoms with E-state index in [9.17, 15) is 4.79 Å². The Hall–Kier alpha value is -2.49. The standard InChI is InChI=1S/C20H22N2O2/c1-12-7-8-13(2)18-17(12)14(3)19(24-18)20(23)22-11-10-21-9-5-6-16(21)15(22)4/h5-9,15H,10-11H2,1-4H3. The van der Waals surface area contributed by atoms with Crippen LogP contribution in [0.3, 0.4) is 0 Å². The van der Waals surface area contributed by atoms with Crippen molar-refractivity contribution in [3.63, 3.8) is 0 Å². The van der Waals surface area contributed by atoms with Crippen LogP contribution in [-0.4, -0.2) is 21.9 Å². The summed E-state index contributed by atoms with van der Waals surface area (Å²) in [5.41, 5.74) is 5.18. The number of carbonyl (C=O) groups is 1. The normalized spacial score (nSPS) is 17.3. The quantitative estimate of drug-likeness (QED) is 0.667. The van der Waals surface area contributed by atoms with Gasteiger partial charge in [0.1, 0.15) is 5.58 Å². The van der Waals surface area contributed by atoms with Gasteiger partial charge in [0.05, 0.1) is 6.04 Å². The molecule has 124 valence electrons. The maximum absolute atomic E-state index is 13.2. The average Bonchev–Trinajstić information content (AvgIpc) is 3.16. The first-order valence-electron chi connectivity index (χ1n) is 8.44. The number of hydrogen-bond acceptors (Lipinski definition) is 2. The lowest BCUT2D eigenvalue weighted by Gasteiger charge is -2.34. The van der Waals surface area contributed by atoms with Crippen LogP contribution >= 0.6 is 0 Å². The van der Waals surface area contributed by atoms with Crippen molar-refractivity contribution in [3.8, 4) is 0 Å². The fourth-order valence-corrected chi connectivity index (χ4v) is 3.87. The van der Waals surface area contributed by atoms with Crippen LogP contribution in [-0.2, 0) is 6.54 Å². The minimum absolute atomic E-state index is 0.0116. The molecule has 0 bridgehead atoms. The third-order valence-electron chi connectivity index (χ3n) is 5.28. The number of furan rings is 1. The highest BCUT2D eigenvalue weighted by molar-refractivity contribution is 6.00. The number of carbonyl (C=O) groups excluding carboxylic acids is 1. The Morgan fingerprint density at radius 1 is 1.12 bits per heavy atom. The molecule has 4 nitrogen and oxygen atoms in total. The van der Waals surface area contributed by atoms with Gasteiger partial charge in [-0.1, -0.05) is 12.1 Å². The summed E-state index contributed by atoms with van der Waals surface area (Å²) in [5.74, 6) is 0.469. The van der Waals surface area contributed by atoms with E-state index in [1.807, 2.05) is 30.9 Å². The topological polar surface area (TPSA) is 38.4 Å². The number of aromatic nitrogens is 1. The molecule has 24 heavy (non-hydrogen) atoms. The van der Waals surface area contributed by atoms with E-state index in [1.165, 1.54) is 5.69 Å². The predicted octanol–water partition coefficient (Wildman–Crippen LogP) is 4.38. The second kappa shape index (κ2) is 5.26. The first kappa shape index (κ1) is 15.1. The van der Waals surface area contributed by atoms with Crippen LogP contribution in [0.1, 0.15) is 45.9 Å². The van der Waals surface area contributed by atoms with Crippen LogP contribution in [0.15, 0.2) is 34.9 Å². The zero-order valence-electron chi connectivity index (χ0n) is 14.6. The molecule has 2 aromatic heterocycles. The number of fused-ring (bicyclic) bond motifs is 2. The largest absolute Gasteiger partial charge is 0.450 e. The molecule has 4 rings (SSSR count). The van der Waals surface area contributed by atoms with Crippen LogP contribution in [0, 0.1) is 20.8 Å². The molecule has 4 heteroatoms. The molecule has 1 aliphatic rings. The van der Waals surface area contributed by atoms with E-state index in [0.29, 0.717) is 12.3 Å². The molecule has 0 N–H and O–H groups in total. The van der Waals surface area contributed by atoms with Crippen molar-refractivity contribution in [2.24, 2.45) is 0 Å². The molecule has 1 aliphatic heterocycles. The van der Waals surface area contributed by atoms with Crippen molar-refractivity contribution in [1.29, 1.82) is 0 Å². The third-order valence-corrected chi connectivity index (χ3v) is 5.28. The highest BCUT2D eigenvalue weighted by Gasteiger charge is 2.31. The zero-order chi connectivity index (χ0) is 17.0. The van der Waals surface area contributed by atoms with Gasteiger partial charge in [-0.3, -0.25) is 4.79 Å². The Balaban J connectivity index is 1.78. The summed E-state index contributed by atoms with van der Waals surface area (Å²) in [6, 6.07) is 8.31. The molecule has 3 aromatic rings. The van der Waals surface area contributed by atoms with Gasteiger partial charge in [0.15, 0.2) is 5.76 Å². The van der Waals surface area contributed by atoms with Crippen molar-refractivity contribution in [2.45, 2.75) is 40.3 Å². The molecule has 0 fully saturated rings. The van der Waals surface area contributed by atoms with E-state index in [2.05, 4.69) is 36.7 Å². The smallest absolute Gasteiger partial charge is 0.290 e. The second-order valence-electron chi connectivity index (χ2n) is 6.76. The Morgan fingerprint density at radius 3 is 2.62 bits per heavy atom. The lowest BCUT2D eigenvalue weighted by Crippen LogP contribution is -2.40. The average molecular weight is 322 g/mol. The maximum atomic E-state index is 13.2. The number of rotatable bonds is 1. The fraction of sp³-hybridized carbons (Fsp3) is 0.350. The van der Waals surface area contributed by atoms with E-state index in [1.54, 1.807) is 0 Å². The number of nitrogens with zero attached hydrogens (tertiary/aromatic N) is 2. The number of benzene rings is 1. The number of aryl methyl sites for hydroxylation is 3. The molecular weight excluding hydrogens is 300 g/mol. The molecule has 1 unspecified atom stereocenters. The molecular formula is C20H22N2O2. The SMILES string of the molecule is Cc1ccc(C)c2c(C)c(C(=O)N3CCn4cccc4C3C)oc12. The van der Waals surface area contributed by atoms with Gasteiger partial charge in [-0.2, -0.15) is 0 Å². The predicted molar refractivity (Wildman–Crippen MR) is 94.3 cm³/mol. The van der Waals surface area contributed by atoms with Gasteiger partial charge in [-0.25, -0.2) is 0 Å². The van der Waals surface area contributed by atoms with Crippen LogP contribution in [0.5, 0.6) is 0 Å². The van der Waals surface area contributed by atoms with Gasteiger partial charge in [-0.05, 0) is 51.0 Å². The molecule has 0 aliphatic carbocycles. The summed E-state index contributed by atoms with van der Waals surface area (Å²) in [7, 11) is 0. The van der Waals surface area contributed by atoms with E-state index in [0.717, 1.165) is 34.2 Å². The molecule has 0 saturated carbocycles. The second-order valence-corrected chi connectivity index (χ2v) is 6.76. The Bertz CT molecular complexity index is 948. The summed E-state index contributed by atoms with van der Waals surface area (Å²) < 4.78 is 8.26. The van der Waals surface area contributed by atoms with Crippen LogP contribution in [0.2, 0.25) is 0 Å². The van der Waals surface area contributed by atoms with Gasteiger partial charge in [0.25, 0.3) is 5.91 Å². The van der Waals surface area contributed by atoms with Crippen molar-refractivity contribution >= 4 is 16.9 Å². The lowest BCUT2D eigenvalue weighted by molar-refractivity contribution is 0.0612. The third kappa shape index (κ3) is 2.02. The number of amides is 1. The Kier molecular flexibility index (Phi) is 3.30. The van der Waals surface area contributed by atoms with Crippen molar-refractivity contribution in [3.05, 3.63) is 58.6 Å². The van der Waals surface area contributed by atoms with Gasteiger partial charge in [0, 0.05) is 35.9 Å². The van der Waals surface area contributed by atoms with Crippen LogP contribution in [0.25, 0.3) is 11.0 Å². The van der Waals surface area contributed by atoms with Gasteiger partial charge in [-0.15, -0.1) is 0 Å². The van der Waals surface area contributed by atoms with Crippen molar-refractivity contribution < 1.29 is 9.21 Å². The first-order valence-corrected chi connectivity index (χ1v) is 8.44. The Morgan fingerprint density at radius 2 is 1.88 bits per heavy atom. The van der Waals surface area contributed by atoms with Gasteiger partial charge >= 0.3 is 0 Å². The summed E-state index contributed by atoms with van der Waals surface area (Å²) >= 11 is 0.